The molecule has 0 saturated carbocycles. The molecule has 0 aliphatic heterocycles. The SMILES string of the molecule is CC(C)(C)C(CBr)CSc1ccc(S(C)(=O)=O)cc1. The molecule has 0 aliphatic rings. The van der Waals surface area contributed by atoms with Gasteiger partial charge in [0.2, 0.25) is 0 Å². The Labute approximate surface area is 129 Å². The Bertz CT molecular complexity index is 501. The average Bonchev–Trinajstić information content (AvgIpc) is 2.27. The van der Waals surface area contributed by atoms with Crippen LogP contribution in [0.2, 0.25) is 0 Å². The number of alkyl halides is 1. The summed E-state index contributed by atoms with van der Waals surface area (Å²) in [5.74, 6) is 1.60. The molecule has 0 amide bonds. The van der Waals surface area contributed by atoms with Crippen LogP contribution in [0.25, 0.3) is 0 Å². The minimum absolute atomic E-state index is 0.267. The second kappa shape index (κ2) is 6.64. The average molecular weight is 365 g/mol. The normalized spacial score (nSPS) is 14.4. The zero-order valence-corrected chi connectivity index (χ0v) is 15.0. The van der Waals surface area contributed by atoms with E-state index in [1.165, 1.54) is 6.26 Å². The van der Waals surface area contributed by atoms with E-state index in [4.69, 9.17) is 0 Å². The molecule has 5 heteroatoms. The fraction of sp³-hybridized carbons (Fsp3) is 0.571. The predicted octanol–water partition coefficient (Wildman–Crippen LogP) is 4.24. The molecule has 0 spiro atoms. The summed E-state index contributed by atoms with van der Waals surface area (Å²) in [6.07, 6.45) is 1.23. The lowest BCUT2D eigenvalue weighted by Gasteiger charge is -2.28. The van der Waals surface area contributed by atoms with Gasteiger partial charge >= 0.3 is 0 Å². The molecular formula is C14H21BrO2S2. The van der Waals surface area contributed by atoms with Crippen molar-refractivity contribution in [3.8, 4) is 0 Å². The van der Waals surface area contributed by atoms with Gasteiger partial charge in [-0.3, -0.25) is 0 Å². The molecule has 1 aromatic rings. The van der Waals surface area contributed by atoms with Crippen molar-refractivity contribution in [1.82, 2.24) is 0 Å². The van der Waals surface area contributed by atoms with Gasteiger partial charge in [-0.1, -0.05) is 36.7 Å². The standard InChI is InChI=1S/C14H21BrO2S2/c1-14(2,3)11(9-15)10-18-12-5-7-13(8-6-12)19(4,16)17/h5-8,11H,9-10H2,1-4H3. The van der Waals surface area contributed by atoms with Crippen molar-refractivity contribution in [3.63, 3.8) is 0 Å². The summed E-state index contributed by atoms with van der Waals surface area (Å²) in [5, 5.41) is 0.977. The highest BCUT2D eigenvalue weighted by Gasteiger charge is 2.23. The molecule has 2 nitrogen and oxygen atoms in total. The molecule has 0 aliphatic carbocycles. The van der Waals surface area contributed by atoms with Crippen LogP contribution in [-0.4, -0.2) is 25.8 Å². The molecule has 19 heavy (non-hydrogen) atoms. The van der Waals surface area contributed by atoms with E-state index in [2.05, 4.69) is 36.7 Å². The number of thioether (sulfide) groups is 1. The van der Waals surface area contributed by atoms with Crippen molar-refractivity contribution in [1.29, 1.82) is 0 Å². The maximum Gasteiger partial charge on any atom is 0.175 e. The van der Waals surface area contributed by atoms with Crippen molar-refractivity contribution in [3.05, 3.63) is 24.3 Å². The van der Waals surface area contributed by atoms with Gasteiger partial charge in [-0.25, -0.2) is 8.42 Å². The molecule has 1 aromatic carbocycles. The summed E-state index contributed by atoms with van der Waals surface area (Å²) in [6, 6.07) is 7.12. The maximum atomic E-state index is 11.4. The van der Waals surface area contributed by atoms with Crippen LogP contribution < -0.4 is 0 Å². The smallest absolute Gasteiger partial charge is 0.175 e. The Morgan fingerprint density at radius 2 is 1.74 bits per heavy atom. The van der Waals surface area contributed by atoms with E-state index in [1.807, 2.05) is 12.1 Å². The highest BCUT2D eigenvalue weighted by molar-refractivity contribution is 9.09. The van der Waals surface area contributed by atoms with Crippen LogP contribution in [0.4, 0.5) is 0 Å². The molecule has 1 rings (SSSR count). The third-order valence-corrected chi connectivity index (χ3v) is 6.20. The van der Waals surface area contributed by atoms with Crippen LogP contribution in [0.5, 0.6) is 0 Å². The van der Waals surface area contributed by atoms with Gasteiger partial charge in [-0.2, -0.15) is 0 Å². The third kappa shape index (κ3) is 5.48. The van der Waals surface area contributed by atoms with E-state index >= 15 is 0 Å². The second-order valence-electron chi connectivity index (χ2n) is 5.77. The van der Waals surface area contributed by atoms with Crippen LogP contribution >= 0.6 is 27.7 Å². The molecule has 0 radical (unpaired) electrons. The quantitative estimate of drug-likeness (QED) is 0.578. The zero-order chi connectivity index (χ0) is 14.7. The summed E-state index contributed by atoms with van der Waals surface area (Å²) in [7, 11) is -3.10. The Morgan fingerprint density at radius 3 is 2.11 bits per heavy atom. The van der Waals surface area contributed by atoms with E-state index in [9.17, 15) is 8.42 Å². The summed E-state index contributed by atoms with van der Waals surface area (Å²) >= 11 is 5.34. The van der Waals surface area contributed by atoms with Crippen LogP contribution in [0.1, 0.15) is 20.8 Å². The minimum Gasteiger partial charge on any atom is -0.224 e. The van der Waals surface area contributed by atoms with Crippen LogP contribution in [-0.2, 0) is 9.84 Å². The molecule has 0 heterocycles. The van der Waals surface area contributed by atoms with Gasteiger partial charge in [0.05, 0.1) is 4.90 Å². The number of halogens is 1. The molecule has 0 bridgehead atoms. The van der Waals surface area contributed by atoms with Gasteiger partial charge < -0.3 is 0 Å². The predicted molar refractivity (Wildman–Crippen MR) is 87.0 cm³/mol. The maximum absolute atomic E-state index is 11.4. The monoisotopic (exact) mass is 364 g/mol. The van der Waals surface area contributed by atoms with Crippen molar-refractivity contribution in [2.24, 2.45) is 11.3 Å². The number of hydrogen-bond acceptors (Lipinski definition) is 3. The highest BCUT2D eigenvalue weighted by Crippen LogP contribution is 2.33. The number of benzene rings is 1. The Hall–Kier alpha value is -0.000000000000000111. The van der Waals surface area contributed by atoms with Gasteiger partial charge in [0.15, 0.2) is 9.84 Å². The van der Waals surface area contributed by atoms with Crippen LogP contribution in [0.15, 0.2) is 34.1 Å². The van der Waals surface area contributed by atoms with Gasteiger partial charge in [0.25, 0.3) is 0 Å². The molecule has 108 valence electrons. The van der Waals surface area contributed by atoms with Gasteiger partial charge in [-0.15, -0.1) is 11.8 Å². The van der Waals surface area contributed by atoms with Crippen molar-refractivity contribution < 1.29 is 8.42 Å². The topological polar surface area (TPSA) is 34.1 Å². The zero-order valence-electron chi connectivity index (χ0n) is 11.8. The molecule has 1 unspecified atom stereocenters. The van der Waals surface area contributed by atoms with Crippen LogP contribution in [0.3, 0.4) is 0 Å². The van der Waals surface area contributed by atoms with E-state index in [0.29, 0.717) is 10.8 Å². The van der Waals surface area contributed by atoms with Gasteiger partial charge in [0, 0.05) is 22.2 Å². The number of hydrogen-bond donors (Lipinski definition) is 0. The molecule has 0 saturated heterocycles. The first-order valence-electron chi connectivity index (χ1n) is 6.13. The van der Waals surface area contributed by atoms with E-state index in [-0.39, 0.29) is 5.41 Å². The first kappa shape index (κ1) is 17.1. The van der Waals surface area contributed by atoms with Crippen molar-refractivity contribution in [2.45, 2.75) is 30.6 Å². The first-order valence-corrected chi connectivity index (χ1v) is 10.1. The lowest BCUT2D eigenvalue weighted by atomic mass is 9.83. The van der Waals surface area contributed by atoms with Crippen LogP contribution in [0, 0.1) is 11.3 Å². The minimum atomic E-state index is -3.10. The van der Waals surface area contributed by atoms with E-state index < -0.39 is 9.84 Å². The highest BCUT2D eigenvalue weighted by atomic mass is 79.9. The fourth-order valence-electron chi connectivity index (χ4n) is 1.51. The summed E-state index contributed by atoms with van der Waals surface area (Å²) in [4.78, 5) is 1.49. The van der Waals surface area contributed by atoms with Gasteiger partial charge in [-0.05, 0) is 35.6 Å². The molecule has 1 atom stereocenters. The van der Waals surface area contributed by atoms with E-state index in [1.54, 1.807) is 23.9 Å². The van der Waals surface area contributed by atoms with Gasteiger partial charge in [0.1, 0.15) is 0 Å². The Balaban J connectivity index is 2.69. The lowest BCUT2D eigenvalue weighted by Crippen LogP contribution is -2.23. The van der Waals surface area contributed by atoms with E-state index in [0.717, 1.165) is 16.0 Å². The Morgan fingerprint density at radius 1 is 1.21 bits per heavy atom. The molecule has 0 N–H and O–H groups in total. The summed E-state index contributed by atoms with van der Waals surface area (Å²) in [6.45, 7) is 6.73. The summed E-state index contributed by atoms with van der Waals surface area (Å²) in [5.41, 5.74) is 0.267. The molecule has 0 fully saturated rings. The largest absolute Gasteiger partial charge is 0.224 e. The third-order valence-electron chi connectivity index (χ3n) is 3.11. The van der Waals surface area contributed by atoms with Crippen molar-refractivity contribution >= 4 is 37.5 Å². The Kier molecular flexibility index (Phi) is 5.96. The van der Waals surface area contributed by atoms with Crippen molar-refractivity contribution in [2.75, 3.05) is 17.3 Å². The number of sulfone groups is 1. The summed E-state index contributed by atoms with van der Waals surface area (Å²) < 4.78 is 22.8. The first-order chi connectivity index (χ1) is 8.64. The molecule has 0 aromatic heterocycles. The molecular weight excluding hydrogens is 344 g/mol. The number of rotatable bonds is 5. The lowest BCUT2D eigenvalue weighted by molar-refractivity contribution is 0.295. The fourth-order valence-corrected chi connectivity index (χ4v) is 4.98. The second-order valence-corrected chi connectivity index (χ2v) is 9.53.